The van der Waals surface area contributed by atoms with Gasteiger partial charge in [0.2, 0.25) is 0 Å². The van der Waals surface area contributed by atoms with Crippen LogP contribution in [0.4, 0.5) is 8.78 Å². The third kappa shape index (κ3) is 2.81. The second-order valence-corrected chi connectivity index (χ2v) is 4.19. The zero-order chi connectivity index (χ0) is 14.0. The highest BCUT2D eigenvalue weighted by Gasteiger charge is 2.14. The van der Waals surface area contributed by atoms with Crippen molar-refractivity contribution in [2.75, 3.05) is 0 Å². The van der Waals surface area contributed by atoms with Crippen molar-refractivity contribution in [3.8, 4) is 0 Å². The number of hydrogen-bond acceptors (Lipinski definition) is 3. The summed E-state index contributed by atoms with van der Waals surface area (Å²) in [6, 6.07) is 1.15. The Morgan fingerprint density at radius 1 is 1.42 bits per heavy atom. The molecule has 2 aromatic rings. The van der Waals surface area contributed by atoms with Crippen LogP contribution in [0.5, 0.6) is 0 Å². The van der Waals surface area contributed by atoms with Crippen molar-refractivity contribution in [3.05, 3.63) is 45.6 Å². The van der Waals surface area contributed by atoms with Crippen LogP contribution in [0.15, 0.2) is 23.3 Å². The molecule has 2 rings (SSSR count). The Morgan fingerprint density at radius 2 is 2.16 bits per heavy atom. The van der Waals surface area contributed by atoms with Gasteiger partial charge >= 0.3 is 6.55 Å². The van der Waals surface area contributed by atoms with Gasteiger partial charge in [0.25, 0.3) is 5.56 Å². The standard InChI is InChI=1S/C11H11ClF2N4O/c1-2-8-16-7(12)5-10(19)18(8)6-9-15-3-4-17(9)11(13)14/h3-5,11H,2,6H2,1H3. The van der Waals surface area contributed by atoms with Gasteiger partial charge in [0.15, 0.2) is 0 Å². The van der Waals surface area contributed by atoms with Crippen LogP contribution in [0.25, 0.3) is 0 Å². The average molecular weight is 289 g/mol. The van der Waals surface area contributed by atoms with Gasteiger partial charge in [0.1, 0.15) is 16.8 Å². The van der Waals surface area contributed by atoms with Crippen molar-refractivity contribution < 1.29 is 8.78 Å². The molecule has 2 aromatic heterocycles. The largest absolute Gasteiger partial charge is 0.319 e. The number of imidazole rings is 1. The van der Waals surface area contributed by atoms with E-state index in [0.717, 1.165) is 6.07 Å². The van der Waals surface area contributed by atoms with Crippen LogP contribution < -0.4 is 5.56 Å². The molecule has 0 fully saturated rings. The Hall–Kier alpha value is -1.76. The molecule has 0 N–H and O–H groups in total. The normalized spacial score (nSPS) is 11.2. The highest BCUT2D eigenvalue weighted by atomic mass is 35.5. The van der Waals surface area contributed by atoms with Crippen molar-refractivity contribution >= 4 is 11.6 Å². The molecule has 0 saturated heterocycles. The molecule has 19 heavy (non-hydrogen) atoms. The van der Waals surface area contributed by atoms with Gasteiger partial charge in [0, 0.05) is 24.9 Å². The summed E-state index contributed by atoms with van der Waals surface area (Å²) in [5, 5.41) is 0.0929. The number of alkyl halides is 2. The Kier molecular flexibility index (Phi) is 3.94. The first kappa shape index (κ1) is 13.7. The minimum atomic E-state index is -2.70. The maximum atomic E-state index is 12.7. The number of aryl methyl sites for hydroxylation is 1. The van der Waals surface area contributed by atoms with Gasteiger partial charge in [-0.25, -0.2) is 9.97 Å². The summed E-state index contributed by atoms with van der Waals surface area (Å²) < 4.78 is 27.4. The van der Waals surface area contributed by atoms with Crippen molar-refractivity contribution in [2.24, 2.45) is 0 Å². The summed E-state index contributed by atoms with van der Waals surface area (Å²) in [5.41, 5.74) is -0.388. The van der Waals surface area contributed by atoms with Crippen molar-refractivity contribution in [2.45, 2.75) is 26.4 Å². The van der Waals surface area contributed by atoms with E-state index in [1.807, 2.05) is 0 Å². The van der Waals surface area contributed by atoms with E-state index in [9.17, 15) is 13.6 Å². The lowest BCUT2D eigenvalue weighted by atomic mass is 10.4. The van der Waals surface area contributed by atoms with Crippen LogP contribution in [0.1, 0.15) is 25.1 Å². The molecule has 0 aliphatic heterocycles. The molecule has 0 aromatic carbocycles. The zero-order valence-corrected chi connectivity index (χ0v) is 10.8. The SMILES string of the molecule is CCc1nc(Cl)cc(=O)n1Cc1nccn1C(F)F. The lowest BCUT2D eigenvalue weighted by molar-refractivity contribution is 0.0666. The highest BCUT2D eigenvalue weighted by molar-refractivity contribution is 6.29. The molecular weight excluding hydrogens is 278 g/mol. The maximum absolute atomic E-state index is 12.7. The van der Waals surface area contributed by atoms with Gasteiger partial charge in [-0.15, -0.1) is 0 Å². The van der Waals surface area contributed by atoms with Crippen LogP contribution >= 0.6 is 11.6 Å². The van der Waals surface area contributed by atoms with Crippen LogP contribution in [-0.2, 0) is 13.0 Å². The fourth-order valence-corrected chi connectivity index (χ4v) is 1.94. The first-order valence-electron chi connectivity index (χ1n) is 5.59. The minimum absolute atomic E-state index is 0.0660. The summed E-state index contributed by atoms with van der Waals surface area (Å²) in [6.45, 7) is -0.962. The number of aromatic nitrogens is 4. The first-order chi connectivity index (χ1) is 9.02. The Bertz CT molecular complexity index is 638. The zero-order valence-electron chi connectivity index (χ0n) is 10.1. The van der Waals surface area contributed by atoms with Gasteiger partial charge in [0.05, 0.1) is 6.54 Å². The predicted molar refractivity (Wildman–Crippen MR) is 65.5 cm³/mol. The molecule has 0 radical (unpaired) electrons. The first-order valence-corrected chi connectivity index (χ1v) is 5.96. The van der Waals surface area contributed by atoms with Gasteiger partial charge in [-0.05, 0) is 0 Å². The molecule has 0 unspecified atom stereocenters. The van der Waals surface area contributed by atoms with E-state index < -0.39 is 6.55 Å². The molecule has 0 bridgehead atoms. The molecule has 102 valence electrons. The lowest BCUT2D eigenvalue weighted by Crippen LogP contribution is -2.26. The summed E-state index contributed by atoms with van der Waals surface area (Å²) in [6.07, 6.45) is 2.90. The van der Waals surface area contributed by atoms with Gasteiger partial charge in [-0.2, -0.15) is 8.78 Å². The molecule has 0 spiro atoms. The Balaban J connectivity index is 2.43. The second kappa shape index (κ2) is 5.48. The number of rotatable bonds is 4. The van der Waals surface area contributed by atoms with Crippen LogP contribution in [0.3, 0.4) is 0 Å². The monoisotopic (exact) mass is 288 g/mol. The molecule has 0 amide bonds. The van der Waals surface area contributed by atoms with E-state index in [4.69, 9.17) is 11.6 Å². The van der Waals surface area contributed by atoms with E-state index in [1.165, 1.54) is 17.0 Å². The number of halogens is 3. The van der Waals surface area contributed by atoms with E-state index in [1.54, 1.807) is 6.92 Å². The quantitative estimate of drug-likeness (QED) is 0.810. The van der Waals surface area contributed by atoms with E-state index in [2.05, 4.69) is 9.97 Å². The Labute approximate surface area is 112 Å². The van der Waals surface area contributed by atoms with Crippen molar-refractivity contribution in [1.82, 2.24) is 19.1 Å². The van der Waals surface area contributed by atoms with E-state index in [0.29, 0.717) is 16.8 Å². The van der Waals surface area contributed by atoms with Crippen LogP contribution in [0.2, 0.25) is 5.15 Å². The molecule has 8 heteroatoms. The number of nitrogens with zero attached hydrogens (tertiary/aromatic N) is 4. The topological polar surface area (TPSA) is 52.7 Å². The second-order valence-electron chi connectivity index (χ2n) is 3.80. The third-order valence-electron chi connectivity index (χ3n) is 2.63. The molecule has 0 atom stereocenters. The lowest BCUT2D eigenvalue weighted by Gasteiger charge is -2.12. The van der Waals surface area contributed by atoms with E-state index in [-0.39, 0.29) is 23.1 Å². The molecular formula is C11H11ClF2N4O. The Morgan fingerprint density at radius 3 is 2.79 bits per heavy atom. The molecule has 2 heterocycles. The fourth-order valence-electron chi connectivity index (χ4n) is 1.75. The summed E-state index contributed by atoms with van der Waals surface area (Å²) in [7, 11) is 0. The molecule has 0 aliphatic rings. The number of hydrogen-bond donors (Lipinski definition) is 0. The fraction of sp³-hybridized carbons (Fsp3) is 0.364. The summed E-state index contributed by atoms with van der Waals surface area (Å²) in [4.78, 5) is 19.7. The van der Waals surface area contributed by atoms with Crippen molar-refractivity contribution in [3.63, 3.8) is 0 Å². The molecule has 0 saturated carbocycles. The smallest absolute Gasteiger partial charge is 0.289 e. The molecule has 5 nitrogen and oxygen atoms in total. The van der Waals surface area contributed by atoms with E-state index >= 15 is 0 Å². The predicted octanol–water partition coefficient (Wildman–Crippen LogP) is 2.10. The molecule has 0 aliphatic carbocycles. The van der Waals surface area contributed by atoms with Gasteiger partial charge in [-0.1, -0.05) is 18.5 Å². The van der Waals surface area contributed by atoms with Gasteiger partial charge < -0.3 is 0 Å². The summed E-state index contributed by atoms with van der Waals surface area (Å²) >= 11 is 5.70. The minimum Gasteiger partial charge on any atom is -0.289 e. The average Bonchev–Trinajstić information content (AvgIpc) is 2.80. The van der Waals surface area contributed by atoms with Crippen LogP contribution in [-0.4, -0.2) is 19.1 Å². The summed E-state index contributed by atoms with van der Waals surface area (Å²) in [5.74, 6) is 0.525. The highest BCUT2D eigenvalue weighted by Crippen LogP contribution is 2.13. The van der Waals surface area contributed by atoms with Crippen LogP contribution in [0, 0.1) is 0 Å². The van der Waals surface area contributed by atoms with Crippen molar-refractivity contribution in [1.29, 1.82) is 0 Å². The maximum Gasteiger partial charge on any atom is 0.319 e. The van der Waals surface area contributed by atoms with Gasteiger partial charge in [-0.3, -0.25) is 13.9 Å². The third-order valence-corrected chi connectivity index (χ3v) is 2.82.